The largest absolute Gasteiger partial charge is 0.379 e. The molecule has 1 aliphatic rings. The maximum absolute atomic E-state index is 14.5. The van der Waals surface area contributed by atoms with Gasteiger partial charge in [0.1, 0.15) is 11.6 Å². The van der Waals surface area contributed by atoms with Gasteiger partial charge in [0, 0.05) is 18.3 Å². The van der Waals surface area contributed by atoms with Crippen molar-refractivity contribution in [2.24, 2.45) is 0 Å². The van der Waals surface area contributed by atoms with Crippen LogP contribution in [-0.2, 0) is 22.1 Å². The van der Waals surface area contributed by atoms with Crippen molar-refractivity contribution in [3.05, 3.63) is 59.4 Å². The Bertz CT molecular complexity index is 981. The third-order valence-corrected chi connectivity index (χ3v) is 6.38. The molecule has 2 heterocycles. The Morgan fingerprint density at radius 2 is 2.07 bits per heavy atom. The summed E-state index contributed by atoms with van der Waals surface area (Å²) in [6, 6.07) is 7.07. The molecular weight excluding hydrogens is 376 g/mol. The summed E-state index contributed by atoms with van der Waals surface area (Å²) in [4.78, 5) is 3.94. The van der Waals surface area contributed by atoms with Gasteiger partial charge < -0.3 is 10.6 Å². The van der Waals surface area contributed by atoms with Crippen molar-refractivity contribution in [3.63, 3.8) is 0 Å². The van der Waals surface area contributed by atoms with Crippen molar-refractivity contribution in [1.29, 1.82) is 5.41 Å². The van der Waals surface area contributed by atoms with E-state index in [2.05, 4.69) is 15.6 Å². The molecule has 3 rings (SSSR count). The van der Waals surface area contributed by atoms with E-state index in [1.54, 1.807) is 0 Å². The van der Waals surface area contributed by atoms with E-state index in [0.29, 0.717) is 11.4 Å². The first kappa shape index (κ1) is 19.0. The number of hydrogen-bond acceptors (Lipinski definition) is 5. The Morgan fingerprint density at radius 1 is 1.33 bits per heavy atom. The summed E-state index contributed by atoms with van der Waals surface area (Å²) in [6.07, 6.45) is 1.10. The zero-order valence-corrected chi connectivity index (χ0v) is 15.6. The summed E-state index contributed by atoms with van der Waals surface area (Å²) in [5.41, 5.74) is -0.0298. The van der Waals surface area contributed by atoms with Gasteiger partial charge in [-0.05, 0) is 37.3 Å². The molecule has 1 saturated heterocycles. The van der Waals surface area contributed by atoms with Crippen LogP contribution in [0.1, 0.15) is 18.2 Å². The van der Waals surface area contributed by atoms with Crippen LogP contribution in [0.5, 0.6) is 0 Å². The van der Waals surface area contributed by atoms with Crippen LogP contribution in [-0.4, -0.2) is 36.5 Å². The fraction of sp³-hybridized carbons (Fsp3) is 0.294. The molecule has 10 heteroatoms. The Labute approximate surface area is 156 Å². The van der Waals surface area contributed by atoms with Crippen molar-refractivity contribution in [1.82, 2.24) is 14.6 Å². The maximum atomic E-state index is 14.5. The molecule has 1 aromatic heterocycles. The second-order valence-electron chi connectivity index (χ2n) is 6.55. The van der Waals surface area contributed by atoms with Crippen LogP contribution in [0, 0.1) is 17.0 Å². The predicted octanol–water partition coefficient (Wildman–Crippen LogP) is 1.99. The summed E-state index contributed by atoms with van der Waals surface area (Å²) in [5.74, 6) is -1.73. The molecule has 144 valence electrons. The van der Waals surface area contributed by atoms with Gasteiger partial charge in [-0.3, -0.25) is 10.4 Å². The zero-order chi connectivity index (χ0) is 19.8. The molecule has 3 N–H and O–H groups in total. The van der Waals surface area contributed by atoms with E-state index in [-0.39, 0.29) is 18.1 Å². The number of rotatable bonds is 4. The van der Waals surface area contributed by atoms with Crippen LogP contribution >= 0.6 is 0 Å². The monoisotopic (exact) mass is 395 g/mol. The van der Waals surface area contributed by atoms with E-state index >= 15 is 0 Å². The smallest absolute Gasteiger partial charge is 0.239 e. The number of hydrogen-bond donors (Lipinski definition) is 3. The van der Waals surface area contributed by atoms with Crippen LogP contribution in [0.25, 0.3) is 0 Å². The highest BCUT2D eigenvalue weighted by atomic mass is 32.2. The van der Waals surface area contributed by atoms with Gasteiger partial charge in [0.25, 0.3) is 0 Å². The van der Waals surface area contributed by atoms with Gasteiger partial charge in [0.15, 0.2) is 0 Å². The SMILES string of the molecule is CN1C(=N)NC(C)(c2cc(NCc3ccc(F)cn3)ccc2F)CS1(=O)=O. The van der Waals surface area contributed by atoms with Gasteiger partial charge in [-0.15, -0.1) is 0 Å². The lowest BCUT2D eigenvalue weighted by atomic mass is 9.93. The highest BCUT2D eigenvalue weighted by Gasteiger charge is 2.43. The summed E-state index contributed by atoms with van der Waals surface area (Å²) < 4.78 is 52.8. The van der Waals surface area contributed by atoms with E-state index in [1.165, 1.54) is 44.3 Å². The lowest BCUT2D eigenvalue weighted by Gasteiger charge is -2.40. The van der Waals surface area contributed by atoms with Gasteiger partial charge in [-0.25, -0.2) is 21.5 Å². The van der Waals surface area contributed by atoms with E-state index in [4.69, 9.17) is 5.41 Å². The number of nitrogens with zero attached hydrogens (tertiary/aromatic N) is 2. The lowest BCUT2D eigenvalue weighted by Crippen LogP contribution is -2.61. The molecule has 1 aliphatic heterocycles. The molecule has 27 heavy (non-hydrogen) atoms. The number of halogens is 2. The number of benzene rings is 1. The number of anilines is 1. The Kier molecular flexibility index (Phi) is 4.77. The first-order valence-corrected chi connectivity index (χ1v) is 9.69. The molecule has 0 aliphatic carbocycles. The first-order valence-electron chi connectivity index (χ1n) is 8.08. The van der Waals surface area contributed by atoms with Gasteiger partial charge >= 0.3 is 0 Å². The number of guanidine groups is 1. The lowest BCUT2D eigenvalue weighted by molar-refractivity contribution is 0.403. The Balaban J connectivity index is 1.86. The fourth-order valence-corrected chi connectivity index (χ4v) is 4.36. The third kappa shape index (κ3) is 3.85. The van der Waals surface area contributed by atoms with Crippen molar-refractivity contribution in [3.8, 4) is 0 Å². The van der Waals surface area contributed by atoms with E-state index < -0.39 is 32.9 Å². The van der Waals surface area contributed by atoms with Crippen LogP contribution in [0.3, 0.4) is 0 Å². The predicted molar refractivity (Wildman–Crippen MR) is 97.7 cm³/mol. The molecule has 0 bridgehead atoms. The van der Waals surface area contributed by atoms with Crippen molar-refractivity contribution < 1.29 is 17.2 Å². The molecule has 1 aromatic carbocycles. The summed E-state index contributed by atoms with van der Waals surface area (Å²) in [5, 5.41) is 13.7. The average Bonchev–Trinajstić information content (AvgIpc) is 2.60. The molecule has 1 unspecified atom stereocenters. The number of pyridine rings is 1. The quantitative estimate of drug-likeness (QED) is 0.736. The summed E-state index contributed by atoms with van der Waals surface area (Å²) in [7, 11) is -2.47. The highest BCUT2D eigenvalue weighted by molar-refractivity contribution is 7.89. The number of aromatic nitrogens is 1. The van der Waals surface area contributed by atoms with Crippen LogP contribution in [0.15, 0.2) is 36.5 Å². The first-order chi connectivity index (χ1) is 12.6. The number of nitrogens with one attached hydrogen (secondary N) is 3. The molecule has 1 fully saturated rings. The normalized spacial score (nSPS) is 21.6. The van der Waals surface area contributed by atoms with Crippen molar-refractivity contribution >= 4 is 21.7 Å². The molecule has 0 saturated carbocycles. The molecule has 1 atom stereocenters. The van der Waals surface area contributed by atoms with Crippen LogP contribution in [0.2, 0.25) is 0 Å². The van der Waals surface area contributed by atoms with Gasteiger partial charge in [-0.1, -0.05) is 0 Å². The minimum Gasteiger partial charge on any atom is -0.379 e. The van der Waals surface area contributed by atoms with Crippen molar-refractivity contribution in [2.75, 3.05) is 18.1 Å². The number of sulfonamides is 1. The summed E-state index contributed by atoms with van der Waals surface area (Å²) >= 11 is 0. The maximum Gasteiger partial charge on any atom is 0.239 e. The van der Waals surface area contributed by atoms with Gasteiger partial charge in [0.2, 0.25) is 16.0 Å². The fourth-order valence-electron chi connectivity index (χ4n) is 2.88. The van der Waals surface area contributed by atoms with Crippen LogP contribution < -0.4 is 10.6 Å². The van der Waals surface area contributed by atoms with Crippen molar-refractivity contribution in [2.45, 2.75) is 19.0 Å². The minimum absolute atomic E-state index is 0.126. The van der Waals surface area contributed by atoms with Gasteiger partial charge in [-0.2, -0.15) is 0 Å². The van der Waals surface area contributed by atoms with E-state index in [1.807, 2.05) is 0 Å². The Morgan fingerprint density at radius 3 is 2.70 bits per heavy atom. The third-order valence-electron chi connectivity index (χ3n) is 4.42. The van der Waals surface area contributed by atoms with Crippen LogP contribution in [0.4, 0.5) is 14.5 Å². The minimum atomic E-state index is -3.74. The zero-order valence-electron chi connectivity index (χ0n) is 14.8. The molecule has 7 nitrogen and oxygen atoms in total. The second kappa shape index (κ2) is 6.76. The molecule has 0 radical (unpaired) electrons. The highest BCUT2D eigenvalue weighted by Crippen LogP contribution is 2.31. The standard InChI is InChI=1S/C17H19F2N5O2S/c1-17(10-27(25,26)24(2)16(20)23-17)14-7-12(5-6-15(14)19)22-9-13-4-3-11(18)8-21-13/h3-8,22H,9-10H2,1-2H3,(H2,20,23). The molecule has 0 spiro atoms. The topological polar surface area (TPSA) is 98.2 Å². The molecule has 2 aromatic rings. The Hall–Kier alpha value is -2.75. The van der Waals surface area contributed by atoms with E-state index in [0.717, 1.165) is 10.5 Å². The second-order valence-corrected chi connectivity index (χ2v) is 8.55. The molecular formula is C17H19F2N5O2S. The van der Waals surface area contributed by atoms with Gasteiger partial charge in [0.05, 0.1) is 29.7 Å². The molecule has 0 amide bonds. The van der Waals surface area contributed by atoms with E-state index in [9.17, 15) is 17.2 Å². The average molecular weight is 395 g/mol. The summed E-state index contributed by atoms with van der Waals surface area (Å²) in [6.45, 7) is 1.82.